The van der Waals surface area contributed by atoms with E-state index in [1.54, 1.807) is 32.2 Å². The average Bonchev–Trinajstić information content (AvgIpc) is 2.45. The van der Waals surface area contributed by atoms with Crippen molar-refractivity contribution in [2.24, 2.45) is 0 Å². The smallest absolute Gasteiger partial charge is 0.161 e. The minimum absolute atomic E-state index is 0.754. The van der Waals surface area contributed by atoms with E-state index in [-0.39, 0.29) is 0 Å². The second-order valence-electron chi connectivity index (χ2n) is 3.65. The van der Waals surface area contributed by atoms with Gasteiger partial charge in [0.2, 0.25) is 0 Å². The highest BCUT2D eigenvalue weighted by Gasteiger charge is 2.05. The van der Waals surface area contributed by atoms with Crippen molar-refractivity contribution in [3.63, 3.8) is 0 Å². The topological polar surface area (TPSA) is 31.4 Å². The highest BCUT2D eigenvalue weighted by Crippen LogP contribution is 2.30. The molecule has 0 saturated heterocycles. The second-order valence-corrected chi connectivity index (χ2v) is 4.64. The van der Waals surface area contributed by atoms with Gasteiger partial charge in [0.1, 0.15) is 0 Å². The molecule has 18 heavy (non-hydrogen) atoms. The van der Waals surface area contributed by atoms with Gasteiger partial charge < -0.3 is 9.47 Å². The van der Waals surface area contributed by atoms with E-state index >= 15 is 0 Å². The van der Waals surface area contributed by atoms with Gasteiger partial charge >= 0.3 is 0 Å². The van der Waals surface area contributed by atoms with E-state index in [9.17, 15) is 0 Å². The summed E-state index contributed by atoms with van der Waals surface area (Å²) < 4.78 is 10.5. The summed E-state index contributed by atoms with van der Waals surface area (Å²) in [4.78, 5) is 4.28. The standard InChI is InChI=1S/C14H15NO2S/c1-16-12-7-6-11(9-13(12)17-2)10-18-14-5-3-4-8-15-14/h3-9H,10H2,1-2H3. The van der Waals surface area contributed by atoms with Gasteiger partial charge in [0.25, 0.3) is 0 Å². The van der Waals surface area contributed by atoms with Gasteiger partial charge in [0.15, 0.2) is 11.5 Å². The number of pyridine rings is 1. The van der Waals surface area contributed by atoms with Crippen LogP contribution in [0.3, 0.4) is 0 Å². The molecule has 0 amide bonds. The Morgan fingerprint density at radius 1 is 1.06 bits per heavy atom. The molecule has 0 radical (unpaired) electrons. The van der Waals surface area contributed by atoms with E-state index < -0.39 is 0 Å². The number of methoxy groups -OCH3 is 2. The van der Waals surface area contributed by atoms with Crippen LogP contribution in [0.4, 0.5) is 0 Å². The molecule has 0 spiro atoms. The Labute approximate surface area is 111 Å². The van der Waals surface area contributed by atoms with Crippen LogP contribution >= 0.6 is 11.8 Å². The molecule has 0 aliphatic heterocycles. The number of hydrogen-bond acceptors (Lipinski definition) is 4. The zero-order valence-electron chi connectivity index (χ0n) is 10.4. The molecule has 0 unspecified atom stereocenters. The molecule has 4 heteroatoms. The molecule has 0 atom stereocenters. The predicted octanol–water partition coefficient (Wildman–Crippen LogP) is 3.39. The molecule has 0 aliphatic rings. The van der Waals surface area contributed by atoms with Crippen LogP contribution in [0.2, 0.25) is 0 Å². The van der Waals surface area contributed by atoms with Crippen molar-refractivity contribution in [2.75, 3.05) is 14.2 Å². The Hall–Kier alpha value is -1.68. The van der Waals surface area contributed by atoms with Crippen LogP contribution in [-0.4, -0.2) is 19.2 Å². The lowest BCUT2D eigenvalue weighted by atomic mass is 10.2. The molecule has 94 valence electrons. The van der Waals surface area contributed by atoms with Crippen LogP contribution in [0.25, 0.3) is 0 Å². The monoisotopic (exact) mass is 261 g/mol. The van der Waals surface area contributed by atoms with E-state index in [0.29, 0.717) is 0 Å². The fraction of sp³-hybridized carbons (Fsp3) is 0.214. The number of aromatic nitrogens is 1. The molecule has 0 aliphatic carbocycles. The Kier molecular flexibility index (Phi) is 4.47. The van der Waals surface area contributed by atoms with Crippen molar-refractivity contribution in [3.8, 4) is 11.5 Å². The van der Waals surface area contributed by atoms with Gasteiger partial charge in [-0.25, -0.2) is 4.98 Å². The van der Waals surface area contributed by atoms with Crippen LogP contribution in [-0.2, 0) is 5.75 Å². The largest absolute Gasteiger partial charge is 0.493 e. The number of benzene rings is 1. The summed E-state index contributed by atoms with van der Waals surface area (Å²) in [6.07, 6.45) is 1.80. The van der Waals surface area contributed by atoms with Crippen LogP contribution in [0.5, 0.6) is 11.5 Å². The zero-order chi connectivity index (χ0) is 12.8. The van der Waals surface area contributed by atoms with Gasteiger partial charge in [-0.05, 0) is 29.8 Å². The molecular formula is C14H15NO2S. The number of ether oxygens (including phenoxy) is 2. The van der Waals surface area contributed by atoms with Gasteiger partial charge in [-0.1, -0.05) is 12.1 Å². The maximum atomic E-state index is 5.28. The molecule has 0 saturated carbocycles. The first-order chi connectivity index (χ1) is 8.83. The SMILES string of the molecule is COc1ccc(CSc2ccccn2)cc1OC. The summed E-state index contributed by atoms with van der Waals surface area (Å²) in [7, 11) is 3.29. The highest BCUT2D eigenvalue weighted by molar-refractivity contribution is 7.98. The van der Waals surface area contributed by atoms with Crippen LogP contribution in [0.15, 0.2) is 47.6 Å². The van der Waals surface area contributed by atoms with E-state index in [1.165, 1.54) is 5.56 Å². The molecule has 1 aromatic heterocycles. The minimum atomic E-state index is 0.754. The lowest BCUT2D eigenvalue weighted by molar-refractivity contribution is 0.354. The molecule has 0 bridgehead atoms. The van der Waals surface area contributed by atoms with Gasteiger partial charge in [0, 0.05) is 11.9 Å². The molecule has 1 heterocycles. The lowest BCUT2D eigenvalue weighted by Crippen LogP contribution is -1.92. The van der Waals surface area contributed by atoms with E-state index in [1.807, 2.05) is 36.4 Å². The average molecular weight is 261 g/mol. The molecule has 1 aromatic carbocycles. The number of hydrogen-bond donors (Lipinski definition) is 0. The maximum Gasteiger partial charge on any atom is 0.161 e. The number of nitrogens with zero attached hydrogens (tertiary/aromatic N) is 1. The Morgan fingerprint density at radius 3 is 2.56 bits per heavy atom. The van der Waals surface area contributed by atoms with Crippen LogP contribution in [0.1, 0.15) is 5.56 Å². The second kappa shape index (κ2) is 6.31. The fourth-order valence-electron chi connectivity index (χ4n) is 1.56. The zero-order valence-corrected chi connectivity index (χ0v) is 11.2. The Balaban J connectivity index is 2.06. The van der Waals surface area contributed by atoms with E-state index in [0.717, 1.165) is 22.3 Å². The quantitative estimate of drug-likeness (QED) is 0.772. The summed E-state index contributed by atoms with van der Waals surface area (Å²) in [5, 5.41) is 1.02. The molecule has 2 aromatic rings. The van der Waals surface area contributed by atoms with Gasteiger partial charge in [-0.15, -0.1) is 11.8 Å². The Morgan fingerprint density at radius 2 is 1.89 bits per heavy atom. The van der Waals surface area contributed by atoms with Crippen LogP contribution in [0, 0.1) is 0 Å². The first-order valence-electron chi connectivity index (χ1n) is 5.58. The van der Waals surface area contributed by atoms with E-state index in [4.69, 9.17) is 9.47 Å². The summed E-state index contributed by atoms with van der Waals surface area (Å²) >= 11 is 1.70. The van der Waals surface area contributed by atoms with Crippen molar-refractivity contribution in [3.05, 3.63) is 48.2 Å². The summed E-state index contributed by atoms with van der Waals surface area (Å²) in [5.74, 6) is 2.37. The molecule has 2 rings (SSSR count). The molecule has 0 fully saturated rings. The van der Waals surface area contributed by atoms with Crippen LogP contribution < -0.4 is 9.47 Å². The van der Waals surface area contributed by atoms with Gasteiger partial charge in [0.05, 0.1) is 19.2 Å². The molecule has 0 N–H and O–H groups in total. The third-order valence-corrected chi connectivity index (χ3v) is 3.49. The first kappa shape index (κ1) is 12.8. The highest BCUT2D eigenvalue weighted by atomic mass is 32.2. The maximum absolute atomic E-state index is 5.28. The summed E-state index contributed by atoms with van der Waals surface area (Å²) in [6.45, 7) is 0. The Bertz CT molecular complexity index is 502. The number of rotatable bonds is 5. The van der Waals surface area contributed by atoms with Crippen molar-refractivity contribution >= 4 is 11.8 Å². The number of thioether (sulfide) groups is 1. The fourth-order valence-corrected chi connectivity index (χ4v) is 2.36. The lowest BCUT2D eigenvalue weighted by Gasteiger charge is -2.09. The summed E-state index contributed by atoms with van der Waals surface area (Å²) in [6, 6.07) is 11.9. The van der Waals surface area contributed by atoms with Gasteiger partial charge in [-0.2, -0.15) is 0 Å². The van der Waals surface area contributed by atoms with Crippen molar-refractivity contribution in [1.82, 2.24) is 4.98 Å². The van der Waals surface area contributed by atoms with Crippen molar-refractivity contribution in [2.45, 2.75) is 10.8 Å². The third-order valence-electron chi connectivity index (χ3n) is 2.47. The third kappa shape index (κ3) is 3.17. The van der Waals surface area contributed by atoms with Crippen molar-refractivity contribution < 1.29 is 9.47 Å². The summed E-state index contributed by atoms with van der Waals surface area (Å²) in [5.41, 5.74) is 1.18. The molecule has 3 nitrogen and oxygen atoms in total. The normalized spacial score (nSPS) is 10.1. The minimum Gasteiger partial charge on any atom is -0.493 e. The predicted molar refractivity (Wildman–Crippen MR) is 73.3 cm³/mol. The van der Waals surface area contributed by atoms with Gasteiger partial charge in [-0.3, -0.25) is 0 Å². The molecular weight excluding hydrogens is 246 g/mol. The first-order valence-corrected chi connectivity index (χ1v) is 6.57. The van der Waals surface area contributed by atoms with Crippen molar-refractivity contribution in [1.29, 1.82) is 0 Å². The van der Waals surface area contributed by atoms with E-state index in [2.05, 4.69) is 4.98 Å².